The molecule has 11 heteroatoms. The fourth-order valence-electron chi connectivity index (χ4n) is 3.48. The molecule has 0 atom stereocenters. The highest BCUT2D eigenvalue weighted by molar-refractivity contribution is 6.34. The smallest absolute Gasteiger partial charge is 0.332 e. The van der Waals surface area contributed by atoms with Gasteiger partial charge >= 0.3 is 11.7 Å². The monoisotopic (exact) mass is 473 g/mol. The molecule has 33 heavy (non-hydrogen) atoms. The summed E-state index contributed by atoms with van der Waals surface area (Å²) >= 11 is 6.27. The first-order valence-electron chi connectivity index (χ1n) is 10.1. The number of fused-ring (bicyclic) bond motifs is 1. The van der Waals surface area contributed by atoms with Gasteiger partial charge in [0.15, 0.2) is 16.9 Å². The summed E-state index contributed by atoms with van der Waals surface area (Å²) in [6.07, 6.45) is 0.231. The molecule has 0 radical (unpaired) electrons. The molecule has 0 unspecified atom stereocenters. The molecule has 0 saturated carbocycles. The van der Waals surface area contributed by atoms with Gasteiger partial charge in [0.1, 0.15) is 10.8 Å². The molecular formula is C22H21ClFN5O4. The maximum absolute atomic E-state index is 13.4. The first-order valence-corrected chi connectivity index (χ1v) is 10.5. The quantitative estimate of drug-likeness (QED) is 0.398. The molecule has 0 aliphatic carbocycles. The van der Waals surface area contributed by atoms with Crippen LogP contribution in [0.15, 0.2) is 52.1 Å². The molecule has 2 heterocycles. The molecule has 2 aromatic heterocycles. The third-order valence-corrected chi connectivity index (χ3v) is 5.59. The van der Waals surface area contributed by atoms with Crippen LogP contribution in [0.4, 0.5) is 10.1 Å². The summed E-state index contributed by atoms with van der Waals surface area (Å²) in [6, 6.07) is 10.6. The molecule has 0 spiro atoms. The Balaban J connectivity index is 1.95. The highest BCUT2D eigenvalue weighted by Gasteiger charge is 2.22. The topological polar surface area (TPSA) is 117 Å². The molecule has 3 N–H and O–H groups in total. The first kappa shape index (κ1) is 22.6. The second kappa shape index (κ2) is 9.08. The average Bonchev–Trinajstić information content (AvgIpc) is 3.15. The molecular weight excluding hydrogens is 453 g/mol. The number of anilines is 1. The van der Waals surface area contributed by atoms with E-state index < -0.39 is 17.1 Å². The molecule has 4 rings (SSSR count). The third-order valence-electron chi connectivity index (χ3n) is 5.19. The average molecular weight is 474 g/mol. The number of ether oxygens (including phenoxy) is 1. The van der Waals surface area contributed by atoms with Crippen molar-refractivity contribution in [3.63, 3.8) is 0 Å². The highest BCUT2D eigenvalue weighted by atomic mass is 35.5. The van der Waals surface area contributed by atoms with E-state index in [-0.39, 0.29) is 54.1 Å². The predicted octanol–water partition coefficient (Wildman–Crippen LogP) is 2.49. The summed E-state index contributed by atoms with van der Waals surface area (Å²) in [5.74, 6) is -0.177. The van der Waals surface area contributed by atoms with Crippen molar-refractivity contribution in [3.05, 3.63) is 79.7 Å². The Morgan fingerprint density at radius 1 is 1.15 bits per heavy atom. The maximum Gasteiger partial charge on any atom is 0.332 e. The molecule has 9 nitrogen and oxygen atoms in total. The minimum atomic E-state index is -0.579. The number of nitrogen functional groups attached to an aromatic ring is 1. The van der Waals surface area contributed by atoms with Gasteiger partial charge in [-0.25, -0.2) is 9.18 Å². The molecule has 0 aliphatic rings. The van der Waals surface area contributed by atoms with Crippen molar-refractivity contribution < 1.29 is 14.2 Å². The Morgan fingerprint density at radius 3 is 2.58 bits per heavy atom. The Kier molecular flexibility index (Phi) is 6.21. The van der Waals surface area contributed by atoms with Crippen LogP contribution in [0.5, 0.6) is 11.8 Å². The lowest BCUT2D eigenvalue weighted by Crippen LogP contribution is -2.39. The van der Waals surface area contributed by atoms with E-state index in [4.69, 9.17) is 27.2 Å². The van der Waals surface area contributed by atoms with Gasteiger partial charge in [0, 0.05) is 20.2 Å². The van der Waals surface area contributed by atoms with E-state index in [9.17, 15) is 14.0 Å². The number of halogens is 2. The van der Waals surface area contributed by atoms with Gasteiger partial charge in [0.2, 0.25) is 0 Å². The normalized spacial score (nSPS) is 11.3. The van der Waals surface area contributed by atoms with Gasteiger partial charge < -0.3 is 15.6 Å². The van der Waals surface area contributed by atoms with Crippen LogP contribution in [0.1, 0.15) is 12.0 Å². The van der Waals surface area contributed by atoms with Crippen molar-refractivity contribution in [2.45, 2.75) is 19.5 Å². The first-order chi connectivity index (χ1) is 15.8. The van der Waals surface area contributed by atoms with Crippen LogP contribution in [0, 0.1) is 5.82 Å². The second-order valence-corrected chi connectivity index (χ2v) is 7.79. The van der Waals surface area contributed by atoms with Crippen LogP contribution in [-0.4, -0.2) is 30.4 Å². The van der Waals surface area contributed by atoms with E-state index in [1.807, 2.05) is 0 Å². The van der Waals surface area contributed by atoms with Crippen molar-refractivity contribution in [2.24, 2.45) is 7.05 Å². The van der Waals surface area contributed by atoms with Gasteiger partial charge in [0.25, 0.3) is 5.56 Å². The number of nitrogens with zero attached hydrogens (tertiary/aromatic N) is 4. The number of aliphatic hydroxyl groups is 1. The zero-order valence-electron chi connectivity index (χ0n) is 17.7. The fraction of sp³-hybridized carbons (Fsp3) is 0.227. The fourth-order valence-corrected chi connectivity index (χ4v) is 3.64. The van der Waals surface area contributed by atoms with Gasteiger partial charge in [0.05, 0.1) is 12.2 Å². The van der Waals surface area contributed by atoms with E-state index >= 15 is 0 Å². The number of nitrogens with two attached hydrogens (primary N) is 1. The van der Waals surface area contributed by atoms with Crippen molar-refractivity contribution in [3.8, 4) is 11.8 Å². The molecule has 0 amide bonds. The van der Waals surface area contributed by atoms with Crippen LogP contribution >= 0.6 is 11.6 Å². The van der Waals surface area contributed by atoms with Gasteiger partial charge in [-0.15, -0.1) is 0 Å². The van der Waals surface area contributed by atoms with Crippen molar-refractivity contribution in [1.82, 2.24) is 18.7 Å². The number of imidazole rings is 1. The minimum Gasteiger partial charge on any atom is -0.424 e. The largest absolute Gasteiger partial charge is 0.424 e. The van der Waals surface area contributed by atoms with Crippen molar-refractivity contribution >= 4 is 28.5 Å². The summed E-state index contributed by atoms with van der Waals surface area (Å²) in [6.45, 7) is -0.0266. The lowest BCUT2D eigenvalue weighted by Gasteiger charge is -2.12. The van der Waals surface area contributed by atoms with Gasteiger partial charge in [-0.05, 0) is 36.2 Å². The minimum absolute atomic E-state index is 0.00818. The summed E-state index contributed by atoms with van der Waals surface area (Å²) in [5, 5.41) is 9.34. The van der Waals surface area contributed by atoms with Gasteiger partial charge in [-0.3, -0.25) is 18.5 Å². The van der Waals surface area contributed by atoms with Gasteiger partial charge in [-0.2, -0.15) is 4.98 Å². The summed E-state index contributed by atoms with van der Waals surface area (Å²) < 4.78 is 23.1. The molecule has 4 aromatic rings. The van der Waals surface area contributed by atoms with E-state index in [1.165, 1.54) is 28.3 Å². The van der Waals surface area contributed by atoms with E-state index in [0.717, 1.165) is 4.57 Å². The SMILES string of the molecule is Cn1c(=O)n(CCCO)c(=O)c2c1nc(Oc1cccc(N)c1Cl)n2Cc1ccc(F)cc1. The zero-order valence-corrected chi connectivity index (χ0v) is 18.4. The Morgan fingerprint density at radius 2 is 1.88 bits per heavy atom. The number of rotatable bonds is 7. The number of aliphatic hydroxyl groups excluding tert-OH is 1. The molecule has 0 aliphatic heterocycles. The van der Waals surface area contributed by atoms with Crippen LogP contribution in [0.3, 0.4) is 0 Å². The molecule has 2 aromatic carbocycles. The Bertz CT molecular complexity index is 1440. The lowest BCUT2D eigenvalue weighted by atomic mass is 10.2. The summed E-state index contributed by atoms with van der Waals surface area (Å²) in [7, 11) is 1.49. The number of aryl methyl sites for hydroxylation is 1. The lowest BCUT2D eigenvalue weighted by molar-refractivity contribution is 0.277. The Hall–Kier alpha value is -3.63. The maximum atomic E-state index is 13.4. The van der Waals surface area contributed by atoms with Crippen LogP contribution < -0.4 is 21.7 Å². The number of benzene rings is 2. The summed E-state index contributed by atoms with van der Waals surface area (Å²) in [4.78, 5) is 30.5. The highest BCUT2D eigenvalue weighted by Crippen LogP contribution is 2.34. The summed E-state index contributed by atoms with van der Waals surface area (Å²) in [5.41, 5.74) is 5.93. The standard InChI is InChI=1S/C22H21ClFN5O4/c1-27-19-18(20(31)28(22(27)32)10-3-11-30)29(12-13-6-8-14(24)9-7-13)21(26-19)33-16-5-2-4-15(25)17(16)23/h2,4-9,30H,3,10-12,25H2,1H3. The third kappa shape index (κ3) is 4.22. The Labute approximate surface area is 192 Å². The van der Waals surface area contributed by atoms with E-state index in [1.54, 1.807) is 30.3 Å². The van der Waals surface area contributed by atoms with Crippen LogP contribution in [0.25, 0.3) is 11.2 Å². The van der Waals surface area contributed by atoms with Crippen molar-refractivity contribution in [2.75, 3.05) is 12.3 Å². The molecule has 0 fully saturated rings. The van der Waals surface area contributed by atoms with Crippen LogP contribution in [0.2, 0.25) is 5.02 Å². The molecule has 0 bridgehead atoms. The van der Waals surface area contributed by atoms with E-state index in [2.05, 4.69) is 4.98 Å². The molecule has 0 saturated heterocycles. The zero-order chi connectivity index (χ0) is 23.7. The van der Waals surface area contributed by atoms with E-state index in [0.29, 0.717) is 11.3 Å². The van der Waals surface area contributed by atoms with Crippen molar-refractivity contribution in [1.29, 1.82) is 0 Å². The second-order valence-electron chi connectivity index (χ2n) is 7.42. The number of hydrogen-bond donors (Lipinski definition) is 2. The number of aromatic nitrogens is 4. The number of hydrogen-bond acceptors (Lipinski definition) is 6. The predicted molar refractivity (Wildman–Crippen MR) is 122 cm³/mol. The van der Waals surface area contributed by atoms with Gasteiger partial charge in [-0.1, -0.05) is 29.8 Å². The van der Waals surface area contributed by atoms with Crippen LogP contribution in [-0.2, 0) is 20.1 Å². The molecule has 172 valence electrons.